The van der Waals surface area contributed by atoms with Crippen molar-refractivity contribution in [1.29, 1.82) is 0 Å². The Morgan fingerprint density at radius 1 is 1.16 bits per heavy atom. The smallest absolute Gasteiger partial charge is 0.313 e. The minimum absolute atomic E-state index is 0.0616. The Bertz CT molecular complexity index is 1420. The molecule has 2 N–H and O–H groups in total. The first-order chi connectivity index (χ1) is 24.1. The highest BCUT2D eigenvalue weighted by Crippen LogP contribution is 2.59. The Hall–Kier alpha value is -3.54. The van der Waals surface area contributed by atoms with E-state index < -0.39 is 65.2 Å². The van der Waals surface area contributed by atoms with Gasteiger partial charge in [-0.1, -0.05) is 70.2 Å². The van der Waals surface area contributed by atoms with E-state index >= 15 is 4.79 Å². The predicted octanol–water partition coefficient (Wildman–Crippen LogP) is 4.74. The third-order valence-electron chi connectivity index (χ3n) is 10.6. The van der Waals surface area contributed by atoms with Gasteiger partial charge in [0, 0.05) is 25.6 Å². The van der Waals surface area contributed by atoms with Crippen LogP contribution in [0.25, 0.3) is 0 Å². The van der Waals surface area contributed by atoms with Crippen molar-refractivity contribution < 1.29 is 38.5 Å². The first-order valence-corrected chi connectivity index (χ1v) is 18.3. The van der Waals surface area contributed by atoms with Gasteiger partial charge in [-0.15, -0.1) is 13.2 Å². The number of fused-ring (bicyclic) bond motifs is 1. The summed E-state index contributed by atoms with van der Waals surface area (Å²) in [5.74, 6) is -3.55. The number of allylic oxidation sites excluding steroid dienone is 1. The van der Waals surface area contributed by atoms with E-state index in [1.54, 1.807) is 17.1 Å². The van der Waals surface area contributed by atoms with Crippen LogP contribution in [0.1, 0.15) is 91.7 Å². The first-order valence-electron chi connectivity index (χ1n) is 18.3. The van der Waals surface area contributed by atoms with Gasteiger partial charge in [-0.25, -0.2) is 0 Å². The summed E-state index contributed by atoms with van der Waals surface area (Å²) in [6, 6.07) is 6.67. The number of nitrogens with zero attached hydrogens (tertiary/aromatic N) is 2. The molecule has 0 unspecified atom stereocenters. The number of aliphatic hydroxyl groups is 1. The van der Waals surface area contributed by atoms with Gasteiger partial charge in [0.1, 0.15) is 17.7 Å². The van der Waals surface area contributed by atoms with E-state index in [0.717, 1.165) is 0 Å². The molecular formula is C40H59N3O8. The Morgan fingerprint density at radius 3 is 2.41 bits per heavy atom. The van der Waals surface area contributed by atoms with Crippen LogP contribution in [-0.4, -0.2) is 101 Å². The van der Waals surface area contributed by atoms with Crippen LogP contribution in [-0.2, 0) is 33.4 Å². The molecule has 1 aromatic rings. The van der Waals surface area contributed by atoms with Crippen LogP contribution in [0.15, 0.2) is 55.6 Å². The van der Waals surface area contributed by atoms with Crippen molar-refractivity contribution in [2.45, 2.75) is 122 Å². The van der Waals surface area contributed by atoms with Crippen LogP contribution in [0, 0.1) is 17.3 Å². The second kappa shape index (κ2) is 16.4. The normalized spacial score (nSPS) is 25.9. The standard InChI is InChI=1S/C40H59N3O8/c1-10-13-19-30(45)41-28(24-49-9)33(26-17-15-14-16-18-26)50-37(48)31-29-20-21-40(51-29)32(31)35(46)43(27(12-3)23-44)34(40)36(47)42(22-11-2)39(7,8)25-38(4,5)6/h10-11,14-18,27-29,31-34,44H,1-2,12-13,19-25H2,3-9H3,(H,41,45)/t27-,28-,29-,31+,32+,33-,34-,40+/m0/s1. The van der Waals surface area contributed by atoms with E-state index in [9.17, 15) is 19.5 Å². The highest BCUT2D eigenvalue weighted by molar-refractivity contribution is 5.98. The van der Waals surface area contributed by atoms with Gasteiger partial charge in [0.2, 0.25) is 17.7 Å². The summed E-state index contributed by atoms with van der Waals surface area (Å²) < 4.78 is 18.5. The largest absolute Gasteiger partial charge is 0.455 e. The number of nitrogens with one attached hydrogen (secondary N) is 1. The van der Waals surface area contributed by atoms with Crippen LogP contribution in [0.4, 0.5) is 0 Å². The third-order valence-corrected chi connectivity index (χ3v) is 10.6. The van der Waals surface area contributed by atoms with E-state index in [2.05, 4.69) is 39.2 Å². The molecule has 51 heavy (non-hydrogen) atoms. The van der Waals surface area contributed by atoms with E-state index in [1.165, 1.54) is 12.0 Å². The van der Waals surface area contributed by atoms with E-state index in [4.69, 9.17) is 14.2 Å². The molecule has 3 heterocycles. The van der Waals surface area contributed by atoms with Crippen molar-refractivity contribution >= 4 is 23.7 Å². The number of carbonyl (C=O) groups excluding carboxylic acids is 4. The molecule has 3 fully saturated rings. The van der Waals surface area contributed by atoms with E-state index in [0.29, 0.717) is 37.7 Å². The van der Waals surface area contributed by atoms with Gasteiger partial charge in [-0.2, -0.15) is 0 Å². The fourth-order valence-corrected chi connectivity index (χ4v) is 8.88. The summed E-state index contributed by atoms with van der Waals surface area (Å²) >= 11 is 0. The monoisotopic (exact) mass is 709 g/mol. The van der Waals surface area contributed by atoms with Crippen molar-refractivity contribution in [3.05, 3.63) is 61.2 Å². The van der Waals surface area contributed by atoms with Gasteiger partial charge >= 0.3 is 5.97 Å². The van der Waals surface area contributed by atoms with Crippen LogP contribution in [0.2, 0.25) is 0 Å². The second-order valence-electron chi connectivity index (χ2n) is 16.1. The van der Waals surface area contributed by atoms with Gasteiger partial charge < -0.3 is 34.4 Å². The highest BCUT2D eigenvalue weighted by atomic mass is 16.6. The first kappa shape index (κ1) is 40.2. The van der Waals surface area contributed by atoms with E-state index in [1.807, 2.05) is 51.1 Å². The SMILES string of the molecule is C=CCCC(=O)N[C@@H](COC)[C@@H](OC(=O)[C@@H]1[C@@H]2CC[C@]3(O2)[C@H](C(=O)N(CC=C)C(C)(C)CC(C)(C)C)N([C@@H](CC)CO)C(=O)[C@@H]13)c1ccccc1. The number of ether oxygens (including phenoxy) is 3. The molecule has 3 aliphatic rings. The van der Waals surface area contributed by atoms with Crippen molar-refractivity contribution in [2.24, 2.45) is 17.3 Å². The maximum atomic E-state index is 15.0. The summed E-state index contributed by atoms with van der Waals surface area (Å²) in [4.78, 5) is 60.4. The molecule has 1 spiro atoms. The quantitative estimate of drug-likeness (QED) is 0.165. The number of benzene rings is 1. The van der Waals surface area contributed by atoms with Crippen LogP contribution in [0.3, 0.4) is 0 Å². The minimum Gasteiger partial charge on any atom is -0.455 e. The average molecular weight is 710 g/mol. The Balaban J connectivity index is 1.75. The average Bonchev–Trinajstić information content (AvgIpc) is 3.72. The number of hydrogen-bond donors (Lipinski definition) is 2. The lowest BCUT2D eigenvalue weighted by Crippen LogP contribution is -2.62. The molecule has 0 radical (unpaired) electrons. The molecule has 0 saturated carbocycles. The number of esters is 1. The number of amides is 3. The highest BCUT2D eigenvalue weighted by Gasteiger charge is 2.76. The molecule has 3 amide bonds. The van der Waals surface area contributed by atoms with Gasteiger partial charge in [0.05, 0.1) is 43.2 Å². The summed E-state index contributed by atoms with van der Waals surface area (Å²) in [5.41, 5.74) is -1.35. The van der Waals surface area contributed by atoms with Crippen LogP contribution >= 0.6 is 0 Å². The number of carbonyl (C=O) groups is 4. The Kier molecular flexibility index (Phi) is 13.0. The fourth-order valence-electron chi connectivity index (χ4n) is 8.88. The van der Waals surface area contributed by atoms with Crippen molar-refractivity contribution in [2.75, 3.05) is 26.9 Å². The summed E-state index contributed by atoms with van der Waals surface area (Å²) in [5, 5.41) is 13.5. The predicted molar refractivity (Wildman–Crippen MR) is 194 cm³/mol. The molecule has 1 aromatic carbocycles. The molecule has 2 bridgehead atoms. The van der Waals surface area contributed by atoms with Gasteiger partial charge in [0.15, 0.2) is 0 Å². The fraction of sp³-hybridized carbons (Fsp3) is 0.650. The molecule has 3 aliphatic heterocycles. The molecule has 3 saturated heterocycles. The van der Waals surface area contributed by atoms with Gasteiger partial charge in [-0.05, 0) is 56.9 Å². The molecule has 11 nitrogen and oxygen atoms in total. The summed E-state index contributed by atoms with van der Waals surface area (Å²) in [7, 11) is 1.51. The molecular weight excluding hydrogens is 650 g/mol. The second-order valence-corrected chi connectivity index (χ2v) is 16.1. The van der Waals surface area contributed by atoms with Crippen molar-refractivity contribution in [3.63, 3.8) is 0 Å². The molecule has 0 aromatic heterocycles. The number of likely N-dealkylation sites (tertiary alicyclic amines) is 1. The maximum absolute atomic E-state index is 15.0. The minimum atomic E-state index is -1.28. The van der Waals surface area contributed by atoms with Crippen molar-refractivity contribution in [3.8, 4) is 0 Å². The number of rotatable bonds is 18. The topological polar surface area (TPSA) is 135 Å². The summed E-state index contributed by atoms with van der Waals surface area (Å²) in [6.45, 7) is 19.9. The zero-order valence-corrected chi connectivity index (χ0v) is 31.6. The zero-order chi connectivity index (χ0) is 37.7. The molecule has 282 valence electrons. The maximum Gasteiger partial charge on any atom is 0.313 e. The van der Waals surface area contributed by atoms with E-state index in [-0.39, 0.29) is 43.4 Å². The van der Waals surface area contributed by atoms with Crippen LogP contribution < -0.4 is 5.32 Å². The molecule has 11 heteroatoms. The third kappa shape index (κ3) is 8.26. The van der Waals surface area contributed by atoms with Crippen LogP contribution in [0.5, 0.6) is 0 Å². The Morgan fingerprint density at radius 2 is 1.84 bits per heavy atom. The lowest BCUT2D eigenvalue weighted by molar-refractivity contribution is -0.164. The Labute approximate surface area is 303 Å². The van der Waals surface area contributed by atoms with Gasteiger partial charge in [-0.3, -0.25) is 19.2 Å². The number of methoxy groups -OCH3 is 1. The van der Waals surface area contributed by atoms with Gasteiger partial charge in [0.25, 0.3) is 0 Å². The van der Waals surface area contributed by atoms with Crippen molar-refractivity contribution in [1.82, 2.24) is 15.1 Å². The summed E-state index contributed by atoms with van der Waals surface area (Å²) in [6.07, 6.45) is 4.40. The molecule has 8 atom stereocenters. The lowest BCUT2D eigenvalue weighted by atomic mass is 9.70. The number of aliphatic hydroxyl groups excluding tert-OH is 1. The number of hydrogen-bond acceptors (Lipinski definition) is 8. The zero-order valence-electron chi connectivity index (χ0n) is 31.6. The lowest BCUT2D eigenvalue weighted by Gasteiger charge is -2.46. The molecule has 0 aliphatic carbocycles. The molecule has 4 rings (SSSR count).